The Kier molecular flexibility index (Phi) is 3.97. The summed E-state index contributed by atoms with van der Waals surface area (Å²) in [6.45, 7) is 0.178. The number of rotatable bonds is 4. The van der Waals surface area contributed by atoms with Crippen molar-refractivity contribution in [3.8, 4) is 5.75 Å². The van der Waals surface area contributed by atoms with Gasteiger partial charge in [-0.25, -0.2) is 4.39 Å². The van der Waals surface area contributed by atoms with Gasteiger partial charge in [-0.2, -0.15) is 0 Å². The SMILES string of the molecule is O=[N+]([O-])c1cc(Cl)cc(OCc2ccc(F)cc2)c1. The van der Waals surface area contributed by atoms with Crippen molar-refractivity contribution in [2.45, 2.75) is 6.61 Å². The van der Waals surface area contributed by atoms with E-state index in [1.807, 2.05) is 0 Å². The minimum atomic E-state index is -0.545. The van der Waals surface area contributed by atoms with Gasteiger partial charge in [0.05, 0.1) is 16.0 Å². The van der Waals surface area contributed by atoms with Gasteiger partial charge in [-0.05, 0) is 23.8 Å². The molecule has 0 unspecified atom stereocenters. The van der Waals surface area contributed by atoms with Crippen LogP contribution in [0.1, 0.15) is 5.56 Å². The fourth-order valence-corrected chi connectivity index (χ4v) is 1.70. The van der Waals surface area contributed by atoms with Crippen molar-refractivity contribution in [1.29, 1.82) is 0 Å². The van der Waals surface area contributed by atoms with Crippen molar-refractivity contribution < 1.29 is 14.1 Å². The van der Waals surface area contributed by atoms with E-state index in [9.17, 15) is 14.5 Å². The van der Waals surface area contributed by atoms with Gasteiger partial charge in [0.15, 0.2) is 0 Å². The molecular formula is C13H9ClFNO3. The molecule has 2 aromatic carbocycles. The number of nitrogens with zero attached hydrogens (tertiary/aromatic N) is 1. The Morgan fingerprint density at radius 3 is 2.53 bits per heavy atom. The van der Waals surface area contributed by atoms with Crippen LogP contribution >= 0.6 is 11.6 Å². The van der Waals surface area contributed by atoms with E-state index in [0.29, 0.717) is 5.75 Å². The Hall–Kier alpha value is -2.14. The number of hydrogen-bond donors (Lipinski definition) is 0. The van der Waals surface area contributed by atoms with Crippen LogP contribution < -0.4 is 4.74 Å². The molecule has 0 radical (unpaired) electrons. The Morgan fingerprint density at radius 2 is 1.89 bits per heavy atom. The van der Waals surface area contributed by atoms with Gasteiger partial charge < -0.3 is 4.74 Å². The lowest BCUT2D eigenvalue weighted by atomic mass is 10.2. The lowest BCUT2D eigenvalue weighted by Crippen LogP contribution is -1.96. The van der Waals surface area contributed by atoms with Gasteiger partial charge in [-0.3, -0.25) is 10.1 Å². The Balaban J connectivity index is 2.11. The predicted molar refractivity (Wildman–Crippen MR) is 68.8 cm³/mol. The van der Waals surface area contributed by atoms with Crippen LogP contribution in [0.2, 0.25) is 5.02 Å². The molecule has 6 heteroatoms. The zero-order valence-electron chi connectivity index (χ0n) is 9.68. The van der Waals surface area contributed by atoms with Crippen LogP contribution in [-0.4, -0.2) is 4.92 Å². The molecule has 0 saturated heterocycles. The largest absolute Gasteiger partial charge is 0.489 e. The first kappa shape index (κ1) is 13.3. The number of nitro benzene ring substituents is 1. The van der Waals surface area contributed by atoms with Crippen LogP contribution in [-0.2, 0) is 6.61 Å². The van der Waals surface area contributed by atoms with Gasteiger partial charge in [0.1, 0.15) is 18.2 Å². The minimum absolute atomic E-state index is 0.137. The highest BCUT2D eigenvalue weighted by atomic mass is 35.5. The number of nitro groups is 1. The standard InChI is InChI=1S/C13H9ClFNO3/c14-10-5-12(16(17)18)7-13(6-10)19-8-9-1-3-11(15)4-2-9/h1-7H,8H2. The van der Waals surface area contributed by atoms with Crippen LogP contribution in [0.3, 0.4) is 0 Å². The minimum Gasteiger partial charge on any atom is -0.489 e. The Labute approximate surface area is 113 Å². The lowest BCUT2D eigenvalue weighted by Gasteiger charge is -2.06. The molecule has 98 valence electrons. The molecule has 0 spiro atoms. The Morgan fingerprint density at radius 1 is 1.21 bits per heavy atom. The van der Waals surface area contributed by atoms with E-state index in [1.54, 1.807) is 12.1 Å². The zero-order chi connectivity index (χ0) is 13.8. The van der Waals surface area contributed by atoms with Crippen molar-refractivity contribution in [1.82, 2.24) is 0 Å². The highest BCUT2D eigenvalue weighted by molar-refractivity contribution is 6.30. The maximum atomic E-state index is 12.7. The summed E-state index contributed by atoms with van der Waals surface area (Å²) in [4.78, 5) is 10.1. The second kappa shape index (κ2) is 5.67. The molecule has 0 fully saturated rings. The second-order valence-corrected chi connectivity index (χ2v) is 4.25. The number of benzene rings is 2. The summed E-state index contributed by atoms with van der Waals surface area (Å²) in [5, 5.41) is 10.9. The number of non-ortho nitro benzene ring substituents is 1. The fourth-order valence-electron chi connectivity index (χ4n) is 1.48. The summed E-state index contributed by atoms with van der Waals surface area (Å²) in [7, 11) is 0. The highest BCUT2D eigenvalue weighted by Crippen LogP contribution is 2.26. The van der Waals surface area contributed by atoms with Crippen LogP contribution in [0.5, 0.6) is 5.75 Å². The summed E-state index contributed by atoms with van der Waals surface area (Å²) in [6, 6.07) is 9.81. The zero-order valence-corrected chi connectivity index (χ0v) is 10.4. The van der Waals surface area contributed by atoms with Gasteiger partial charge in [0.2, 0.25) is 0 Å². The summed E-state index contributed by atoms with van der Waals surface area (Å²) < 4.78 is 18.1. The lowest BCUT2D eigenvalue weighted by molar-refractivity contribution is -0.384. The number of ether oxygens (including phenoxy) is 1. The average molecular weight is 282 g/mol. The second-order valence-electron chi connectivity index (χ2n) is 3.82. The van der Waals surface area contributed by atoms with E-state index in [0.717, 1.165) is 5.56 Å². The number of hydrogen-bond acceptors (Lipinski definition) is 3. The maximum Gasteiger partial charge on any atom is 0.274 e. The van der Waals surface area contributed by atoms with Gasteiger partial charge in [0.25, 0.3) is 5.69 Å². The molecule has 0 aliphatic rings. The topological polar surface area (TPSA) is 52.4 Å². The van der Waals surface area contributed by atoms with E-state index >= 15 is 0 Å². The molecule has 0 aromatic heterocycles. The quantitative estimate of drug-likeness (QED) is 0.629. The first-order valence-electron chi connectivity index (χ1n) is 5.37. The van der Waals surface area contributed by atoms with Crippen LogP contribution in [0.4, 0.5) is 10.1 Å². The van der Waals surface area contributed by atoms with Crippen molar-refractivity contribution >= 4 is 17.3 Å². The first-order valence-corrected chi connectivity index (χ1v) is 5.74. The number of halogens is 2. The average Bonchev–Trinajstić information content (AvgIpc) is 2.37. The summed E-state index contributed by atoms with van der Waals surface area (Å²) in [5.41, 5.74) is 0.616. The summed E-state index contributed by atoms with van der Waals surface area (Å²) in [6.07, 6.45) is 0. The van der Waals surface area contributed by atoms with Crippen LogP contribution in [0.25, 0.3) is 0 Å². The summed E-state index contributed by atoms with van der Waals surface area (Å²) >= 11 is 5.76. The molecule has 0 N–H and O–H groups in total. The molecule has 0 aliphatic heterocycles. The molecule has 0 amide bonds. The van der Waals surface area contributed by atoms with E-state index in [4.69, 9.17) is 16.3 Å². The molecule has 4 nitrogen and oxygen atoms in total. The molecular weight excluding hydrogens is 273 g/mol. The molecule has 0 aliphatic carbocycles. The van der Waals surface area contributed by atoms with E-state index in [1.165, 1.54) is 30.3 Å². The van der Waals surface area contributed by atoms with Gasteiger partial charge in [-0.1, -0.05) is 23.7 Å². The fraction of sp³-hybridized carbons (Fsp3) is 0.0769. The van der Waals surface area contributed by atoms with Gasteiger partial charge >= 0.3 is 0 Å². The van der Waals surface area contributed by atoms with Crippen molar-refractivity contribution in [3.05, 3.63) is 69.0 Å². The third-order valence-electron chi connectivity index (χ3n) is 2.39. The molecule has 19 heavy (non-hydrogen) atoms. The highest BCUT2D eigenvalue weighted by Gasteiger charge is 2.09. The molecule has 0 heterocycles. The monoisotopic (exact) mass is 281 g/mol. The third-order valence-corrected chi connectivity index (χ3v) is 2.60. The van der Waals surface area contributed by atoms with Crippen LogP contribution in [0.15, 0.2) is 42.5 Å². The van der Waals surface area contributed by atoms with Gasteiger partial charge in [0, 0.05) is 6.07 Å². The smallest absolute Gasteiger partial charge is 0.274 e. The van der Waals surface area contributed by atoms with Crippen molar-refractivity contribution in [2.75, 3.05) is 0 Å². The summed E-state index contributed by atoms with van der Waals surface area (Å²) in [5.74, 6) is -0.0364. The van der Waals surface area contributed by atoms with Crippen LogP contribution in [0, 0.1) is 15.9 Å². The normalized spacial score (nSPS) is 10.2. The molecule has 0 atom stereocenters. The molecule has 0 saturated carbocycles. The Bertz CT molecular complexity index is 601. The van der Waals surface area contributed by atoms with Gasteiger partial charge in [-0.15, -0.1) is 0 Å². The maximum absolute atomic E-state index is 12.7. The van der Waals surface area contributed by atoms with E-state index in [2.05, 4.69) is 0 Å². The molecule has 2 aromatic rings. The first-order chi connectivity index (χ1) is 9.04. The van der Waals surface area contributed by atoms with E-state index < -0.39 is 4.92 Å². The van der Waals surface area contributed by atoms with E-state index in [-0.39, 0.29) is 23.1 Å². The molecule has 2 rings (SSSR count). The van der Waals surface area contributed by atoms with Crippen molar-refractivity contribution in [3.63, 3.8) is 0 Å². The third kappa shape index (κ3) is 3.66. The predicted octanol–water partition coefficient (Wildman–Crippen LogP) is 3.97. The molecule has 0 bridgehead atoms. The van der Waals surface area contributed by atoms with Crippen molar-refractivity contribution in [2.24, 2.45) is 0 Å².